The van der Waals surface area contributed by atoms with Gasteiger partial charge in [-0.15, -0.1) is 0 Å². The zero-order chi connectivity index (χ0) is 13.7. The lowest BCUT2D eigenvalue weighted by atomic mass is 9.89. The first kappa shape index (κ1) is 14.4. The van der Waals surface area contributed by atoms with Crippen LogP contribution in [0.5, 0.6) is 0 Å². The Labute approximate surface area is 113 Å². The van der Waals surface area contributed by atoms with E-state index in [1.54, 1.807) is 0 Å². The second kappa shape index (κ2) is 6.96. The third kappa shape index (κ3) is 3.98. The molecule has 106 valence electrons. The molecule has 0 aliphatic heterocycles. The van der Waals surface area contributed by atoms with Crippen LogP contribution in [-0.4, -0.2) is 0 Å². The molecule has 1 unspecified atom stereocenters. The predicted molar refractivity (Wildman–Crippen MR) is 72.2 cm³/mol. The zero-order valence-corrected chi connectivity index (χ0v) is 11.2. The van der Waals surface area contributed by atoms with Gasteiger partial charge in [0.1, 0.15) is 11.6 Å². The molecule has 0 amide bonds. The molecule has 2 rings (SSSR count). The minimum absolute atomic E-state index is 0.233. The Morgan fingerprint density at radius 2 is 1.84 bits per heavy atom. The molecule has 1 aliphatic rings. The van der Waals surface area contributed by atoms with Crippen molar-refractivity contribution >= 4 is 0 Å². The van der Waals surface area contributed by atoms with E-state index in [-0.39, 0.29) is 6.04 Å². The van der Waals surface area contributed by atoms with Crippen molar-refractivity contribution in [2.45, 2.75) is 51.0 Å². The lowest BCUT2D eigenvalue weighted by molar-refractivity contribution is 0.352. The summed E-state index contributed by atoms with van der Waals surface area (Å²) in [5, 5.41) is 0. The first-order valence-electron chi connectivity index (χ1n) is 7.12. The number of halogens is 2. The van der Waals surface area contributed by atoms with E-state index < -0.39 is 11.6 Å². The molecule has 1 atom stereocenters. The van der Waals surface area contributed by atoms with Crippen molar-refractivity contribution in [3.05, 3.63) is 35.4 Å². The SMILES string of the molecule is NNC(CC1CCCCCC1)c1ccc(F)cc1F. The Bertz CT molecular complexity index is 401. The summed E-state index contributed by atoms with van der Waals surface area (Å²) >= 11 is 0. The maximum Gasteiger partial charge on any atom is 0.130 e. The Hall–Kier alpha value is -1.00. The van der Waals surface area contributed by atoms with Gasteiger partial charge in [-0.3, -0.25) is 11.3 Å². The zero-order valence-electron chi connectivity index (χ0n) is 11.2. The highest BCUT2D eigenvalue weighted by Crippen LogP contribution is 2.31. The molecule has 0 radical (unpaired) electrons. The number of rotatable bonds is 4. The number of hydrogen-bond donors (Lipinski definition) is 2. The monoisotopic (exact) mass is 268 g/mol. The average Bonchev–Trinajstić information content (AvgIpc) is 2.65. The van der Waals surface area contributed by atoms with Crippen LogP contribution in [0.2, 0.25) is 0 Å². The van der Waals surface area contributed by atoms with Crippen molar-refractivity contribution in [1.29, 1.82) is 0 Å². The van der Waals surface area contributed by atoms with Crippen molar-refractivity contribution in [2.24, 2.45) is 11.8 Å². The van der Waals surface area contributed by atoms with Crippen LogP contribution >= 0.6 is 0 Å². The first-order valence-corrected chi connectivity index (χ1v) is 7.12. The van der Waals surface area contributed by atoms with E-state index in [0.29, 0.717) is 11.5 Å². The average molecular weight is 268 g/mol. The normalized spacial score (nSPS) is 19.1. The molecule has 0 aromatic heterocycles. The van der Waals surface area contributed by atoms with Crippen molar-refractivity contribution in [3.8, 4) is 0 Å². The quantitative estimate of drug-likeness (QED) is 0.495. The fraction of sp³-hybridized carbons (Fsp3) is 0.600. The van der Waals surface area contributed by atoms with E-state index in [2.05, 4.69) is 5.43 Å². The van der Waals surface area contributed by atoms with Crippen LogP contribution in [0.3, 0.4) is 0 Å². The van der Waals surface area contributed by atoms with Crippen LogP contribution in [0.1, 0.15) is 56.6 Å². The minimum Gasteiger partial charge on any atom is -0.271 e. The summed E-state index contributed by atoms with van der Waals surface area (Å²) in [5.41, 5.74) is 3.15. The summed E-state index contributed by atoms with van der Waals surface area (Å²) in [6, 6.07) is 3.47. The molecule has 0 saturated heterocycles. The highest BCUT2D eigenvalue weighted by molar-refractivity contribution is 5.22. The van der Waals surface area contributed by atoms with Gasteiger partial charge in [-0.05, 0) is 18.4 Å². The summed E-state index contributed by atoms with van der Waals surface area (Å²) < 4.78 is 26.7. The third-order valence-electron chi connectivity index (χ3n) is 4.08. The topological polar surface area (TPSA) is 38.0 Å². The summed E-state index contributed by atoms with van der Waals surface area (Å²) in [5.74, 6) is 5.07. The van der Waals surface area contributed by atoms with Gasteiger partial charge in [0.25, 0.3) is 0 Å². The van der Waals surface area contributed by atoms with E-state index in [1.165, 1.54) is 50.7 Å². The third-order valence-corrected chi connectivity index (χ3v) is 4.08. The number of hydrogen-bond acceptors (Lipinski definition) is 2. The Kier molecular flexibility index (Phi) is 5.28. The molecule has 19 heavy (non-hydrogen) atoms. The summed E-state index contributed by atoms with van der Waals surface area (Å²) in [6.45, 7) is 0. The Morgan fingerprint density at radius 3 is 2.42 bits per heavy atom. The number of nitrogens with two attached hydrogens (primary N) is 1. The van der Waals surface area contributed by atoms with Crippen molar-refractivity contribution in [1.82, 2.24) is 5.43 Å². The van der Waals surface area contributed by atoms with Crippen LogP contribution in [0.4, 0.5) is 8.78 Å². The predicted octanol–water partition coefficient (Wildman–Crippen LogP) is 3.83. The molecule has 1 saturated carbocycles. The highest BCUT2D eigenvalue weighted by atomic mass is 19.1. The maximum atomic E-state index is 13.8. The smallest absolute Gasteiger partial charge is 0.130 e. The number of nitrogens with one attached hydrogen (secondary N) is 1. The van der Waals surface area contributed by atoms with E-state index >= 15 is 0 Å². The van der Waals surface area contributed by atoms with Crippen molar-refractivity contribution < 1.29 is 8.78 Å². The van der Waals surface area contributed by atoms with Gasteiger partial charge in [-0.25, -0.2) is 8.78 Å². The van der Waals surface area contributed by atoms with E-state index in [4.69, 9.17) is 5.84 Å². The maximum absolute atomic E-state index is 13.8. The first-order chi connectivity index (χ1) is 9.20. The lowest BCUT2D eigenvalue weighted by Crippen LogP contribution is -2.30. The number of benzene rings is 1. The largest absolute Gasteiger partial charge is 0.271 e. The minimum atomic E-state index is -0.550. The van der Waals surface area contributed by atoms with Gasteiger partial charge < -0.3 is 0 Å². The lowest BCUT2D eigenvalue weighted by Gasteiger charge is -2.22. The van der Waals surface area contributed by atoms with Gasteiger partial charge in [-0.1, -0.05) is 44.6 Å². The van der Waals surface area contributed by atoms with Gasteiger partial charge in [-0.2, -0.15) is 0 Å². The fourth-order valence-electron chi connectivity index (χ4n) is 3.00. The summed E-state index contributed by atoms with van der Waals surface area (Å²) in [6.07, 6.45) is 8.26. The van der Waals surface area contributed by atoms with Gasteiger partial charge >= 0.3 is 0 Å². The molecule has 1 fully saturated rings. The molecular formula is C15H22F2N2. The van der Waals surface area contributed by atoms with Crippen LogP contribution in [-0.2, 0) is 0 Å². The number of hydrazine groups is 1. The fourth-order valence-corrected chi connectivity index (χ4v) is 3.00. The molecule has 0 spiro atoms. The molecule has 3 N–H and O–H groups in total. The highest BCUT2D eigenvalue weighted by Gasteiger charge is 2.21. The molecule has 4 heteroatoms. The van der Waals surface area contributed by atoms with E-state index in [1.807, 2.05) is 0 Å². The Morgan fingerprint density at radius 1 is 1.16 bits per heavy atom. The molecule has 1 aromatic carbocycles. The van der Waals surface area contributed by atoms with Crippen LogP contribution < -0.4 is 11.3 Å². The van der Waals surface area contributed by atoms with Gasteiger partial charge in [0.2, 0.25) is 0 Å². The molecule has 0 heterocycles. The molecule has 1 aromatic rings. The van der Waals surface area contributed by atoms with Crippen LogP contribution in [0, 0.1) is 17.6 Å². The second-order valence-corrected chi connectivity index (χ2v) is 5.48. The van der Waals surface area contributed by atoms with Crippen molar-refractivity contribution in [2.75, 3.05) is 0 Å². The van der Waals surface area contributed by atoms with Gasteiger partial charge in [0.15, 0.2) is 0 Å². The molecule has 2 nitrogen and oxygen atoms in total. The summed E-state index contributed by atoms with van der Waals surface area (Å²) in [4.78, 5) is 0. The second-order valence-electron chi connectivity index (χ2n) is 5.48. The van der Waals surface area contributed by atoms with Gasteiger partial charge in [0.05, 0.1) is 0 Å². The van der Waals surface area contributed by atoms with Crippen molar-refractivity contribution in [3.63, 3.8) is 0 Å². The van der Waals surface area contributed by atoms with Crippen LogP contribution in [0.25, 0.3) is 0 Å². The molecule has 0 bridgehead atoms. The Balaban J connectivity index is 2.06. The molecule has 1 aliphatic carbocycles. The van der Waals surface area contributed by atoms with Gasteiger partial charge in [0, 0.05) is 17.7 Å². The van der Waals surface area contributed by atoms with E-state index in [9.17, 15) is 8.78 Å². The molecular weight excluding hydrogens is 246 g/mol. The van der Waals surface area contributed by atoms with E-state index in [0.717, 1.165) is 12.5 Å². The van der Waals surface area contributed by atoms with Crippen LogP contribution in [0.15, 0.2) is 18.2 Å². The standard InChI is InChI=1S/C15H22F2N2/c16-12-7-8-13(14(17)10-12)15(19-18)9-11-5-3-1-2-4-6-11/h7-8,10-11,15,19H,1-6,9,18H2. The summed E-state index contributed by atoms with van der Waals surface area (Å²) in [7, 11) is 0.